The summed E-state index contributed by atoms with van der Waals surface area (Å²) in [5.41, 5.74) is 10.5. The molecule has 0 spiro atoms. The summed E-state index contributed by atoms with van der Waals surface area (Å²) < 4.78 is 44.6. The van der Waals surface area contributed by atoms with E-state index in [9.17, 15) is 17.6 Å². The van der Waals surface area contributed by atoms with E-state index in [1.807, 2.05) is 0 Å². The van der Waals surface area contributed by atoms with Crippen LogP contribution in [0.5, 0.6) is 0 Å². The minimum atomic E-state index is -4.27. The van der Waals surface area contributed by atoms with Crippen LogP contribution < -0.4 is 11.5 Å². The van der Waals surface area contributed by atoms with Crippen LogP contribution >= 0.6 is 0 Å². The first-order valence-corrected chi connectivity index (χ1v) is 7.22. The molecule has 0 bridgehead atoms. The second-order valence-corrected chi connectivity index (χ2v) is 6.09. The van der Waals surface area contributed by atoms with E-state index in [0.717, 1.165) is 10.4 Å². The quantitative estimate of drug-likeness (QED) is 0.715. The van der Waals surface area contributed by atoms with Gasteiger partial charge in [-0.25, -0.2) is 12.8 Å². The van der Waals surface area contributed by atoms with Gasteiger partial charge in [-0.1, -0.05) is 6.07 Å². The number of carbonyl (C=O) groups excluding carboxylic acids is 1. The van der Waals surface area contributed by atoms with Crippen LogP contribution in [0.15, 0.2) is 23.1 Å². The first kappa shape index (κ1) is 14.7. The van der Waals surface area contributed by atoms with Gasteiger partial charge >= 0.3 is 0 Å². The number of morpholine rings is 1. The van der Waals surface area contributed by atoms with Gasteiger partial charge in [-0.2, -0.15) is 4.31 Å². The highest BCUT2D eigenvalue weighted by atomic mass is 32.2. The first-order valence-electron chi connectivity index (χ1n) is 5.78. The van der Waals surface area contributed by atoms with Crippen LogP contribution in [0, 0.1) is 5.82 Å². The van der Waals surface area contributed by atoms with Crippen LogP contribution in [0.2, 0.25) is 0 Å². The van der Waals surface area contributed by atoms with Crippen molar-refractivity contribution in [3.63, 3.8) is 0 Å². The Morgan fingerprint density at radius 2 is 2.15 bits per heavy atom. The summed E-state index contributed by atoms with van der Waals surface area (Å²) in [6.07, 6.45) is 0. The number of nitrogens with zero attached hydrogens (tertiary/aromatic N) is 1. The molecule has 1 fully saturated rings. The van der Waals surface area contributed by atoms with Crippen LogP contribution in [0.1, 0.15) is 0 Å². The molecule has 0 aromatic heterocycles. The van der Waals surface area contributed by atoms with Gasteiger partial charge in [0.15, 0.2) is 0 Å². The fraction of sp³-hybridized carbons (Fsp3) is 0.364. The summed E-state index contributed by atoms with van der Waals surface area (Å²) in [5, 5.41) is 0. The number of hydrogen-bond donors (Lipinski definition) is 2. The molecule has 0 saturated carbocycles. The molecule has 1 atom stereocenters. The van der Waals surface area contributed by atoms with E-state index in [1.165, 1.54) is 12.1 Å². The molecule has 2 rings (SSSR count). The number of sulfonamides is 1. The maximum atomic E-state index is 13.8. The summed E-state index contributed by atoms with van der Waals surface area (Å²) >= 11 is 0. The largest absolute Gasteiger partial charge is 0.398 e. The number of nitrogens with two attached hydrogens (primary N) is 2. The molecule has 1 aromatic rings. The molecule has 20 heavy (non-hydrogen) atoms. The van der Waals surface area contributed by atoms with Crippen molar-refractivity contribution in [2.24, 2.45) is 5.73 Å². The summed E-state index contributed by atoms with van der Waals surface area (Å²) in [5.74, 6) is -1.83. The van der Waals surface area contributed by atoms with Gasteiger partial charge in [0.1, 0.15) is 16.8 Å². The fourth-order valence-corrected chi connectivity index (χ4v) is 3.74. The van der Waals surface area contributed by atoms with Gasteiger partial charge in [0.2, 0.25) is 15.9 Å². The average Bonchev–Trinajstić information content (AvgIpc) is 2.38. The summed E-state index contributed by atoms with van der Waals surface area (Å²) in [4.78, 5) is 10.7. The van der Waals surface area contributed by atoms with Gasteiger partial charge < -0.3 is 16.2 Å². The van der Waals surface area contributed by atoms with Gasteiger partial charge in [-0.3, -0.25) is 4.79 Å². The summed E-state index contributed by atoms with van der Waals surface area (Å²) in [6, 6.07) is 2.39. The van der Waals surface area contributed by atoms with Crippen molar-refractivity contribution in [3.8, 4) is 0 Å². The Bertz CT molecular complexity index is 614. The van der Waals surface area contributed by atoms with Gasteiger partial charge in [0.05, 0.1) is 18.9 Å². The second kappa shape index (κ2) is 5.35. The predicted octanol–water partition coefficient (Wildman–Crippen LogP) is -0.717. The van der Waals surface area contributed by atoms with Crippen LogP contribution in [0.3, 0.4) is 0 Å². The minimum absolute atomic E-state index is 0.0935. The average molecular weight is 303 g/mol. The molecular weight excluding hydrogens is 289 g/mol. The number of halogens is 1. The number of primary amides is 1. The standard InChI is InChI=1S/C11H14FN3O4S/c12-7-2-1-3-8(13)10(7)20(17,18)15-4-5-19-6-9(15)11(14)16/h1-3,9H,4-6,13H2,(H2,14,16). The molecule has 0 aliphatic carbocycles. The lowest BCUT2D eigenvalue weighted by molar-refractivity contribution is -0.125. The van der Waals surface area contributed by atoms with E-state index in [2.05, 4.69) is 0 Å². The van der Waals surface area contributed by atoms with Crippen molar-refractivity contribution in [2.45, 2.75) is 10.9 Å². The Kier molecular flexibility index (Phi) is 3.93. The third-order valence-corrected chi connectivity index (χ3v) is 4.97. The maximum Gasteiger partial charge on any atom is 0.248 e. The number of ether oxygens (including phenoxy) is 1. The van der Waals surface area contributed by atoms with Crippen LogP contribution in [-0.2, 0) is 19.6 Å². The Hall–Kier alpha value is -1.71. The molecule has 1 aromatic carbocycles. The molecule has 0 radical (unpaired) electrons. The molecule has 7 nitrogen and oxygen atoms in total. The zero-order chi connectivity index (χ0) is 14.9. The van der Waals surface area contributed by atoms with Crippen molar-refractivity contribution in [1.29, 1.82) is 0 Å². The number of rotatable bonds is 3. The third-order valence-electron chi connectivity index (χ3n) is 2.97. The van der Waals surface area contributed by atoms with Crippen molar-refractivity contribution in [3.05, 3.63) is 24.0 Å². The molecule has 9 heteroatoms. The van der Waals surface area contributed by atoms with E-state index in [0.29, 0.717) is 0 Å². The molecule has 4 N–H and O–H groups in total. The highest BCUT2D eigenvalue weighted by Gasteiger charge is 2.39. The van der Waals surface area contributed by atoms with E-state index >= 15 is 0 Å². The van der Waals surface area contributed by atoms with Crippen molar-refractivity contribution in [1.82, 2.24) is 4.31 Å². The summed E-state index contributed by atoms with van der Waals surface area (Å²) in [7, 11) is -4.27. The zero-order valence-electron chi connectivity index (χ0n) is 10.5. The zero-order valence-corrected chi connectivity index (χ0v) is 11.3. The molecular formula is C11H14FN3O4S. The number of amides is 1. The first-order chi connectivity index (χ1) is 9.35. The van der Waals surface area contributed by atoms with Gasteiger partial charge in [-0.15, -0.1) is 0 Å². The minimum Gasteiger partial charge on any atom is -0.398 e. The van der Waals surface area contributed by atoms with Crippen LogP contribution in [-0.4, -0.2) is 44.4 Å². The van der Waals surface area contributed by atoms with E-state index in [1.54, 1.807) is 0 Å². The molecule has 1 saturated heterocycles. The van der Waals surface area contributed by atoms with Crippen molar-refractivity contribution in [2.75, 3.05) is 25.5 Å². The number of hydrogen-bond acceptors (Lipinski definition) is 5. The van der Waals surface area contributed by atoms with E-state index in [4.69, 9.17) is 16.2 Å². The Labute approximate surface area is 115 Å². The van der Waals surface area contributed by atoms with Gasteiger partial charge in [0.25, 0.3) is 0 Å². The molecule has 110 valence electrons. The van der Waals surface area contributed by atoms with Crippen molar-refractivity contribution >= 4 is 21.6 Å². The monoisotopic (exact) mass is 303 g/mol. The maximum absolute atomic E-state index is 13.8. The Morgan fingerprint density at radius 1 is 1.45 bits per heavy atom. The lowest BCUT2D eigenvalue weighted by atomic mass is 10.3. The van der Waals surface area contributed by atoms with Crippen LogP contribution in [0.25, 0.3) is 0 Å². The number of benzene rings is 1. The lowest BCUT2D eigenvalue weighted by Crippen LogP contribution is -2.54. The molecule has 1 amide bonds. The lowest BCUT2D eigenvalue weighted by Gasteiger charge is -2.32. The van der Waals surface area contributed by atoms with E-state index in [-0.39, 0.29) is 25.4 Å². The Balaban J connectivity index is 2.51. The number of carbonyl (C=O) groups is 1. The second-order valence-electron chi connectivity index (χ2n) is 4.27. The van der Waals surface area contributed by atoms with Crippen LogP contribution in [0.4, 0.5) is 10.1 Å². The van der Waals surface area contributed by atoms with Gasteiger partial charge in [0, 0.05) is 6.54 Å². The molecule has 1 unspecified atom stereocenters. The third kappa shape index (κ3) is 2.47. The Morgan fingerprint density at radius 3 is 2.75 bits per heavy atom. The number of anilines is 1. The normalized spacial score (nSPS) is 20.8. The van der Waals surface area contributed by atoms with E-state index < -0.39 is 32.7 Å². The molecule has 1 aliphatic heterocycles. The highest BCUT2D eigenvalue weighted by Crippen LogP contribution is 2.27. The SMILES string of the molecule is NC(=O)C1COCCN1S(=O)(=O)c1c(N)cccc1F. The smallest absolute Gasteiger partial charge is 0.248 e. The van der Waals surface area contributed by atoms with Crippen molar-refractivity contribution < 1.29 is 22.3 Å². The summed E-state index contributed by atoms with van der Waals surface area (Å²) in [6.45, 7) is -0.163. The molecule has 1 aliphatic rings. The topological polar surface area (TPSA) is 116 Å². The highest BCUT2D eigenvalue weighted by molar-refractivity contribution is 7.89. The predicted molar refractivity (Wildman–Crippen MR) is 68.5 cm³/mol. The number of nitrogen functional groups attached to an aromatic ring is 1. The molecule has 1 heterocycles. The fourth-order valence-electron chi connectivity index (χ4n) is 2.02. The van der Waals surface area contributed by atoms with Gasteiger partial charge in [-0.05, 0) is 12.1 Å².